The highest BCUT2D eigenvalue weighted by molar-refractivity contribution is 5.51. The predicted octanol–water partition coefficient (Wildman–Crippen LogP) is 6.59. The Morgan fingerprint density at radius 3 is 1.74 bits per heavy atom. The maximum absolute atomic E-state index is 6.04. The van der Waals surface area contributed by atoms with E-state index >= 15 is 0 Å². The largest absolute Gasteiger partial charge is 0.474 e. The summed E-state index contributed by atoms with van der Waals surface area (Å²) in [5.74, 6) is 0.725. The lowest BCUT2D eigenvalue weighted by Gasteiger charge is -2.36. The van der Waals surface area contributed by atoms with Gasteiger partial charge in [0.15, 0.2) is 0 Å². The molecule has 0 spiro atoms. The molecule has 0 atom stereocenters. The smallest absolute Gasteiger partial charge is 0.213 e. The van der Waals surface area contributed by atoms with Gasteiger partial charge in [0.1, 0.15) is 6.10 Å². The lowest BCUT2D eigenvalue weighted by Crippen LogP contribution is -2.32. The molecule has 0 saturated heterocycles. The van der Waals surface area contributed by atoms with Crippen molar-refractivity contribution < 1.29 is 4.74 Å². The van der Waals surface area contributed by atoms with Crippen LogP contribution in [-0.4, -0.2) is 11.1 Å². The Bertz CT molecular complexity index is 1050. The molecule has 0 bridgehead atoms. The van der Waals surface area contributed by atoms with E-state index in [1.54, 1.807) is 0 Å². The molecule has 1 saturated carbocycles. The third-order valence-corrected chi connectivity index (χ3v) is 6.41. The van der Waals surface area contributed by atoms with Gasteiger partial charge < -0.3 is 4.74 Å². The molecule has 154 valence electrons. The molecule has 1 heterocycles. The fourth-order valence-corrected chi connectivity index (χ4v) is 4.52. The van der Waals surface area contributed by atoms with Crippen molar-refractivity contribution in [1.82, 2.24) is 4.98 Å². The summed E-state index contributed by atoms with van der Waals surface area (Å²) in [6.45, 7) is 0. The second-order valence-corrected chi connectivity index (χ2v) is 8.36. The van der Waals surface area contributed by atoms with Gasteiger partial charge in [0.05, 0.1) is 5.41 Å². The molecule has 1 aliphatic rings. The third-order valence-electron chi connectivity index (χ3n) is 6.41. The molecule has 5 rings (SSSR count). The van der Waals surface area contributed by atoms with Crippen molar-refractivity contribution in [3.05, 3.63) is 132 Å². The average Bonchev–Trinajstić information content (AvgIpc) is 2.82. The van der Waals surface area contributed by atoms with E-state index in [0.717, 1.165) is 25.1 Å². The molecule has 0 unspecified atom stereocenters. The molecule has 0 amide bonds. The van der Waals surface area contributed by atoms with Gasteiger partial charge in [-0.1, -0.05) is 97.1 Å². The van der Waals surface area contributed by atoms with Crippen molar-refractivity contribution >= 4 is 0 Å². The molecule has 31 heavy (non-hydrogen) atoms. The average molecular weight is 406 g/mol. The zero-order chi connectivity index (χ0) is 20.9. The van der Waals surface area contributed by atoms with E-state index in [1.807, 2.05) is 12.3 Å². The molecule has 0 N–H and O–H groups in total. The van der Waals surface area contributed by atoms with Gasteiger partial charge in [-0.05, 0) is 47.9 Å². The first-order valence-electron chi connectivity index (χ1n) is 11.1. The molecule has 3 aromatic carbocycles. The highest BCUT2D eigenvalue weighted by Gasteiger charge is 2.37. The van der Waals surface area contributed by atoms with E-state index in [9.17, 15) is 0 Å². The second kappa shape index (κ2) is 8.77. The summed E-state index contributed by atoms with van der Waals surface area (Å²) in [5.41, 5.74) is 4.66. The molecule has 4 aromatic rings. The summed E-state index contributed by atoms with van der Waals surface area (Å²) >= 11 is 0. The third kappa shape index (κ3) is 3.98. The fraction of sp³-hybridized carbons (Fsp3) is 0.207. The number of aromatic nitrogens is 1. The second-order valence-electron chi connectivity index (χ2n) is 8.36. The van der Waals surface area contributed by atoms with Crippen LogP contribution in [0.3, 0.4) is 0 Å². The highest BCUT2D eigenvalue weighted by atomic mass is 16.5. The minimum atomic E-state index is -0.341. The Labute approximate surface area is 184 Å². The number of ether oxygens (including phenoxy) is 1. The maximum atomic E-state index is 6.04. The van der Waals surface area contributed by atoms with Crippen molar-refractivity contribution in [1.29, 1.82) is 0 Å². The molecule has 1 aliphatic carbocycles. The fourth-order valence-electron chi connectivity index (χ4n) is 4.52. The number of pyridine rings is 1. The lowest BCUT2D eigenvalue weighted by atomic mass is 9.66. The van der Waals surface area contributed by atoms with E-state index < -0.39 is 0 Å². The summed E-state index contributed by atoms with van der Waals surface area (Å²) in [5, 5.41) is 0. The van der Waals surface area contributed by atoms with Gasteiger partial charge in [0.2, 0.25) is 5.88 Å². The summed E-state index contributed by atoms with van der Waals surface area (Å²) in [7, 11) is 0. The highest BCUT2D eigenvalue weighted by Crippen LogP contribution is 2.42. The SMILES string of the molecule is c1ccc(CC(c2ccccc2)(c2ccccc2)c2ccc(OC3CCC3)nc2)cc1. The topological polar surface area (TPSA) is 22.1 Å². The van der Waals surface area contributed by atoms with Gasteiger partial charge in [-0.3, -0.25) is 0 Å². The number of benzene rings is 3. The number of hydrogen-bond acceptors (Lipinski definition) is 2. The zero-order valence-electron chi connectivity index (χ0n) is 17.7. The lowest BCUT2D eigenvalue weighted by molar-refractivity contribution is 0.114. The van der Waals surface area contributed by atoms with Crippen LogP contribution >= 0.6 is 0 Å². The molecule has 2 heteroatoms. The first-order chi connectivity index (χ1) is 15.3. The Morgan fingerprint density at radius 1 is 0.677 bits per heavy atom. The molecule has 1 fully saturated rings. The van der Waals surface area contributed by atoms with Crippen LogP contribution in [0.15, 0.2) is 109 Å². The maximum Gasteiger partial charge on any atom is 0.213 e. The van der Waals surface area contributed by atoms with Crippen LogP contribution in [0.2, 0.25) is 0 Å². The van der Waals surface area contributed by atoms with Gasteiger partial charge in [-0.25, -0.2) is 4.98 Å². The van der Waals surface area contributed by atoms with Crippen molar-refractivity contribution in [3.63, 3.8) is 0 Å². The van der Waals surface area contributed by atoms with Crippen LogP contribution in [0, 0.1) is 0 Å². The van der Waals surface area contributed by atoms with E-state index in [1.165, 1.54) is 28.7 Å². The normalized spacial score (nSPS) is 14.1. The molecular weight excluding hydrogens is 378 g/mol. The minimum absolute atomic E-state index is 0.329. The Balaban J connectivity index is 1.65. The number of rotatable bonds is 7. The van der Waals surface area contributed by atoms with Crippen LogP contribution in [0.25, 0.3) is 0 Å². The summed E-state index contributed by atoms with van der Waals surface area (Å²) in [6.07, 6.45) is 6.72. The van der Waals surface area contributed by atoms with Gasteiger partial charge >= 0.3 is 0 Å². The minimum Gasteiger partial charge on any atom is -0.474 e. The summed E-state index contributed by atoms with van der Waals surface area (Å²) in [6, 6.07) is 36.5. The van der Waals surface area contributed by atoms with Gasteiger partial charge in [-0.15, -0.1) is 0 Å². The predicted molar refractivity (Wildman–Crippen MR) is 125 cm³/mol. The monoisotopic (exact) mass is 405 g/mol. The molecular formula is C29H27NO. The van der Waals surface area contributed by atoms with Crippen molar-refractivity contribution in [3.8, 4) is 5.88 Å². The van der Waals surface area contributed by atoms with Crippen LogP contribution in [0.4, 0.5) is 0 Å². The van der Waals surface area contributed by atoms with Crippen LogP contribution in [-0.2, 0) is 11.8 Å². The first-order valence-corrected chi connectivity index (χ1v) is 11.1. The molecule has 1 aromatic heterocycles. The standard InChI is InChI=1S/C29H27NO/c1-4-11-23(12-5-1)21-29(24-13-6-2-7-14-24,25-15-8-3-9-16-25)26-19-20-28(30-22-26)31-27-17-10-18-27/h1-9,11-16,19-20,22,27H,10,17-18,21H2. The van der Waals surface area contributed by atoms with Gasteiger partial charge in [0, 0.05) is 12.3 Å². The van der Waals surface area contributed by atoms with Crippen molar-refractivity contribution in [2.45, 2.75) is 37.2 Å². The first kappa shape index (κ1) is 19.6. The van der Waals surface area contributed by atoms with Gasteiger partial charge in [-0.2, -0.15) is 0 Å². The summed E-state index contributed by atoms with van der Waals surface area (Å²) in [4.78, 5) is 4.74. The number of hydrogen-bond donors (Lipinski definition) is 0. The van der Waals surface area contributed by atoms with Crippen LogP contribution in [0.5, 0.6) is 5.88 Å². The Hall–Kier alpha value is -3.39. The Morgan fingerprint density at radius 2 is 1.26 bits per heavy atom. The molecule has 0 aliphatic heterocycles. The summed E-state index contributed by atoms with van der Waals surface area (Å²) < 4.78 is 6.04. The Kier molecular flexibility index (Phi) is 5.54. The van der Waals surface area contributed by atoms with E-state index in [0.29, 0.717) is 6.10 Å². The number of nitrogens with zero attached hydrogens (tertiary/aromatic N) is 1. The van der Waals surface area contributed by atoms with Gasteiger partial charge in [0.25, 0.3) is 0 Å². The van der Waals surface area contributed by atoms with Crippen LogP contribution in [0.1, 0.15) is 41.5 Å². The van der Waals surface area contributed by atoms with Crippen LogP contribution < -0.4 is 4.74 Å². The quantitative estimate of drug-likeness (QED) is 0.346. The van der Waals surface area contributed by atoms with E-state index in [-0.39, 0.29) is 5.41 Å². The van der Waals surface area contributed by atoms with E-state index in [4.69, 9.17) is 9.72 Å². The molecule has 2 nitrogen and oxygen atoms in total. The van der Waals surface area contributed by atoms with E-state index in [2.05, 4.69) is 97.1 Å². The van der Waals surface area contributed by atoms with Crippen molar-refractivity contribution in [2.24, 2.45) is 0 Å². The van der Waals surface area contributed by atoms with Crippen molar-refractivity contribution in [2.75, 3.05) is 0 Å². The zero-order valence-corrected chi connectivity index (χ0v) is 17.7. The molecule has 0 radical (unpaired) electrons.